The molecule has 0 spiro atoms. The summed E-state index contributed by atoms with van der Waals surface area (Å²) in [6.07, 6.45) is 4.91. The first kappa shape index (κ1) is 14.5. The Morgan fingerprint density at radius 2 is 2.05 bits per heavy atom. The summed E-state index contributed by atoms with van der Waals surface area (Å²) >= 11 is 0. The molecule has 0 fully saturated rings. The predicted octanol–water partition coefficient (Wildman–Crippen LogP) is 2.83. The molecular formula is C17H20N4O. The van der Waals surface area contributed by atoms with Crippen LogP contribution in [0.5, 0.6) is 0 Å². The van der Waals surface area contributed by atoms with E-state index in [4.69, 9.17) is 0 Å². The lowest BCUT2D eigenvalue weighted by atomic mass is 9.96. The van der Waals surface area contributed by atoms with Crippen molar-refractivity contribution in [2.24, 2.45) is 5.10 Å². The van der Waals surface area contributed by atoms with Gasteiger partial charge < -0.3 is 0 Å². The van der Waals surface area contributed by atoms with Crippen molar-refractivity contribution in [2.45, 2.75) is 39.0 Å². The second-order valence-corrected chi connectivity index (χ2v) is 5.46. The number of aryl methyl sites for hydroxylation is 1. The lowest BCUT2D eigenvalue weighted by Crippen LogP contribution is -2.22. The van der Waals surface area contributed by atoms with Crippen LogP contribution < -0.4 is 5.43 Å². The van der Waals surface area contributed by atoms with Gasteiger partial charge in [0.2, 0.25) is 0 Å². The van der Waals surface area contributed by atoms with Gasteiger partial charge in [-0.2, -0.15) is 10.2 Å². The van der Waals surface area contributed by atoms with Gasteiger partial charge in [-0.05, 0) is 37.7 Å². The number of H-pyrrole nitrogens is 1. The monoisotopic (exact) mass is 296 g/mol. The Balaban J connectivity index is 1.76. The smallest absolute Gasteiger partial charge is 0.281 e. The van der Waals surface area contributed by atoms with Gasteiger partial charge in [-0.3, -0.25) is 9.89 Å². The number of fused-ring (bicyclic) bond motifs is 1. The van der Waals surface area contributed by atoms with Gasteiger partial charge in [0, 0.05) is 11.3 Å². The molecule has 0 aliphatic heterocycles. The predicted molar refractivity (Wildman–Crippen MR) is 86.0 cm³/mol. The molecule has 0 unspecified atom stereocenters. The highest BCUT2D eigenvalue weighted by Gasteiger charge is 2.21. The van der Waals surface area contributed by atoms with Crippen molar-refractivity contribution in [3.05, 3.63) is 52.8 Å². The summed E-state index contributed by atoms with van der Waals surface area (Å²) in [6.45, 7) is 2.02. The summed E-state index contributed by atoms with van der Waals surface area (Å²) in [5.74, 6) is -0.235. The molecule has 22 heavy (non-hydrogen) atoms. The van der Waals surface area contributed by atoms with Crippen molar-refractivity contribution in [1.29, 1.82) is 0 Å². The molecule has 1 amide bonds. The normalized spacial score (nSPS) is 14.5. The first-order valence-electron chi connectivity index (χ1n) is 7.78. The minimum absolute atomic E-state index is 0.235. The quantitative estimate of drug-likeness (QED) is 0.673. The van der Waals surface area contributed by atoms with E-state index >= 15 is 0 Å². The third-order valence-electron chi connectivity index (χ3n) is 4.01. The van der Waals surface area contributed by atoms with E-state index in [0.29, 0.717) is 5.69 Å². The second-order valence-electron chi connectivity index (χ2n) is 5.46. The highest BCUT2D eigenvalue weighted by Crippen LogP contribution is 2.21. The van der Waals surface area contributed by atoms with E-state index < -0.39 is 0 Å². The number of nitrogens with zero attached hydrogens (tertiary/aromatic N) is 2. The highest BCUT2D eigenvalue weighted by atomic mass is 16.2. The maximum Gasteiger partial charge on any atom is 0.292 e. The van der Waals surface area contributed by atoms with Gasteiger partial charge in [-0.15, -0.1) is 0 Å². The Morgan fingerprint density at radius 3 is 2.82 bits per heavy atom. The second kappa shape index (κ2) is 6.56. The molecule has 0 radical (unpaired) electrons. The first-order valence-corrected chi connectivity index (χ1v) is 7.78. The molecule has 2 aromatic rings. The van der Waals surface area contributed by atoms with Crippen LogP contribution in [-0.4, -0.2) is 21.8 Å². The van der Waals surface area contributed by atoms with E-state index in [1.165, 1.54) is 0 Å². The van der Waals surface area contributed by atoms with Crippen LogP contribution in [0.1, 0.15) is 53.5 Å². The summed E-state index contributed by atoms with van der Waals surface area (Å²) in [5, 5.41) is 11.4. The number of hydrogen-bond donors (Lipinski definition) is 2. The number of hydrazone groups is 1. The fourth-order valence-corrected chi connectivity index (χ4v) is 2.82. The molecule has 2 N–H and O–H groups in total. The van der Waals surface area contributed by atoms with Crippen LogP contribution in [0, 0.1) is 0 Å². The number of aromatic amines is 1. The maximum atomic E-state index is 12.3. The van der Waals surface area contributed by atoms with Crippen molar-refractivity contribution in [3.8, 4) is 0 Å². The fraction of sp³-hybridized carbons (Fsp3) is 0.353. The van der Waals surface area contributed by atoms with Gasteiger partial charge in [0.25, 0.3) is 5.91 Å². The molecule has 114 valence electrons. The number of amides is 1. The van der Waals surface area contributed by atoms with E-state index in [2.05, 4.69) is 20.7 Å². The number of rotatable bonds is 4. The van der Waals surface area contributed by atoms with Crippen LogP contribution in [0.15, 0.2) is 35.4 Å². The average molecular weight is 296 g/mol. The largest absolute Gasteiger partial charge is 0.292 e. The van der Waals surface area contributed by atoms with Crippen LogP contribution in [0.3, 0.4) is 0 Å². The Kier molecular flexibility index (Phi) is 4.32. The number of benzene rings is 1. The summed E-state index contributed by atoms with van der Waals surface area (Å²) in [6, 6.07) is 9.88. The zero-order valence-electron chi connectivity index (χ0n) is 12.7. The molecule has 1 aliphatic rings. The van der Waals surface area contributed by atoms with Crippen LogP contribution in [0.25, 0.3) is 0 Å². The van der Waals surface area contributed by atoms with Crippen LogP contribution >= 0.6 is 0 Å². The van der Waals surface area contributed by atoms with Crippen molar-refractivity contribution in [2.75, 3.05) is 0 Å². The number of hydrogen-bond acceptors (Lipinski definition) is 3. The van der Waals surface area contributed by atoms with E-state index in [-0.39, 0.29) is 5.91 Å². The fourth-order valence-electron chi connectivity index (χ4n) is 2.82. The molecule has 0 saturated carbocycles. The van der Waals surface area contributed by atoms with Crippen molar-refractivity contribution < 1.29 is 4.79 Å². The molecule has 1 aliphatic carbocycles. The minimum atomic E-state index is -0.235. The summed E-state index contributed by atoms with van der Waals surface area (Å²) in [4.78, 5) is 12.3. The molecule has 0 atom stereocenters. The number of carbonyl (C=O) groups excluding carboxylic acids is 1. The number of nitrogens with one attached hydrogen (secondary N) is 2. The van der Waals surface area contributed by atoms with Gasteiger partial charge in [-0.25, -0.2) is 5.43 Å². The molecular weight excluding hydrogens is 276 g/mol. The molecule has 5 nitrogen and oxygen atoms in total. The van der Waals surface area contributed by atoms with E-state index in [1.54, 1.807) is 0 Å². The Labute approximate surface area is 129 Å². The lowest BCUT2D eigenvalue weighted by Gasteiger charge is -2.10. The highest BCUT2D eigenvalue weighted by molar-refractivity contribution is 6.02. The van der Waals surface area contributed by atoms with Gasteiger partial charge in [-0.1, -0.05) is 37.3 Å². The zero-order chi connectivity index (χ0) is 15.4. The standard InChI is InChI=1S/C17H20N4O/c1-2-14(12-8-4-3-5-9-12)18-21-17(22)16-13-10-6-7-11-15(13)19-20-16/h3-5,8-9H,2,6-7,10-11H2,1H3,(H,19,20)(H,21,22)/b18-14+. The van der Waals surface area contributed by atoms with Gasteiger partial charge in [0.05, 0.1) is 5.71 Å². The molecule has 1 heterocycles. The zero-order valence-corrected chi connectivity index (χ0v) is 12.7. The van der Waals surface area contributed by atoms with E-state index in [1.807, 2.05) is 37.3 Å². The van der Waals surface area contributed by atoms with Crippen LogP contribution in [-0.2, 0) is 12.8 Å². The van der Waals surface area contributed by atoms with Gasteiger partial charge in [0.1, 0.15) is 0 Å². The number of carbonyl (C=O) groups is 1. The Bertz CT molecular complexity index is 688. The average Bonchev–Trinajstić information content (AvgIpc) is 3.00. The third-order valence-corrected chi connectivity index (χ3v) is 4.01. The molecule has 0 bridgehead atoms. The topological polar surface area (TPSA) is 70.1 Å². The van der Waals surface area contributed by atoms with Crippen LogP contribution in [0.4, 0.5) is 0 Å². The maximum absolute atomic E-state index is 12.3. The molecule has 3 rings (SSSR count). The Morgan fingerprint density at radius 1 is 1.27 bits per heavy atom. The van der Waals surface area contributed by atoms with Crippen molar-refractivity contribution in [3.63, 3.8) is 0 Å². The van der Waals surface area contributed by atoms with Gasteiger partial charge in [0.15, 0.2) is 5.69 Å². The van der Waals surface area contributed by atoms with Crippen molar-refractivity contribution >= 4 is 11.6 Å². The van der Waals surface area contributed by atoms with E-state index in [9.17, 15) is 4.79 Å². The van der Waals surface area contributed by atoms with Crippen molar-refractivity contribution in [1.82, 2.24) is 15.6 Å². The van der Waals surface area contributed by atoms with Gasteiger partial charge >= 0.3 is 0 Å². The summed E-state index contributed by atoms with van der Waals surface area (Å²) in [7, 11) is 0. The molecule has 1 aromatic carbocycles. The third kappa shape index (κ3) is 2.93. The SMILES string of the molecule is CC/C(=N\NC(=O)c1n[nH]c2c1CCCC2)c1ccccc1. The summed E-state index contributed by atoms with van der Waals surface area (Å²) < 4.78 is 0. The molecule has 5 heteroatoms. The number of aromatic nitrogens is 2. The van der Waals surface area contributed by atoms with E-state index in [0.717, 1.165) is 54.6 Å². The molecule has 1 aromatic heterocycles. The minimum Gasteiger partial charge on any atom is -0.281 e. The molecule has 0 saturated heterocycles. The lowest BCUT2D eigenvalue weighted by molar-refractivity contribution is 0.0948. The Hall–Kier alpha value is -2.43. The first-order chi connectivity index (χ1) is 10.8. The summed E-state index contributed by atoms with van der Waals surface area (Å²) in [5.41, 5.74) is 7.17. The van der Waals surface area contributed by atoms with Crippen LogP contribution in [0.2, 0.25) is 0 Å².